The van der Waals surface area contributed by atoms with E-state index in [2.05, 4.69) is 20.9 Å². The Hall–Kier alpha value is -1.14. The molecule has 0 saturated carbocycles. The predicted molar refractivity (Wildman–Crippen MR) is 70.9 cm³/mol. The standard InChI is InChI=1S/C12H15BrN2O3/c1-3-18-12(11(16)17)6-15(7-12)10-5-8(2)4-9(13)14-10/h4-5H,3,6-7H2,1-2H3,(H,16,17). The minimum absolute atomic E-state index is 0.332. The summed E-state index contributed by atoms with van der Waals surface area (Å²) in [5, 5.41) is 9.21. The number of carboxylic acids is 1. The summed E-state index contributed by atoms with van der Waals surface area (Å²) in [4.78, 5) is 17.5. The summed E-state index contributed by atoms with van der Waals surface area (Å²) in [6.45, 7) is 4.83. The second kappa shape index (κ2) is 4.85. The number of aryl methyl sites for hydroxylation is 1. The van der Waals surface area contributed by atoms with E-state index >= 15 is 0 Å². The molecule has 0 aromatic carbocycles. The summed E-state index contributed by atoms with van der Waals surface area (Å²) in [5.41, 5.74) is 0.00300. The fourth-order valence-electron chi connectivity index (χ4n) is 2.07. The number of carboxylic acid groups (broad SMARTS) is 1. The number of carbonyl (C=O) groups is 1. The molecular formula is C12H15BrN2O3. The minimum atomic E-state index is -1.08. The molecule has 1 N–H and O–H groups in total. The van der Waals surface area contributed by atoms with Crippen LogP contribution in [-0.4, -0.2) is 41.4 Å². The number of aliphatic carboxylic acids is 1. The Labute approximate surface area is 114 Å². The van der Waals surface area contributed by atoms with Gasteiger partial charge in [-0.15, -0.1) is 0 Å². The molecule has 1 aromatic rings. The Morgan fingerprint density at radius 3 is 2.78 bits per heavy atom. The maximum Gasteiger partial charge on any atom is 0.339 e. The Kier molecular flexibility index (Phi) is 3.59. The van der Waals surface area contributed by atoms with E-state index in [0.717, 1.165) is 16.0 Å². The van der Waals surface area contributed by atoms with Crippen LogP contribution in [0.15, 0.2) is 16.7 Å². The van der Waals surface area contributed by atoms with Crippen LogP contribution in [0.25, 0.3) is 0 Å². The molecule has 0 bridgehead atoms. The Morgan fingerprint density at radius 2 is 2.28 bits per heavy atom. The maximum absolute atomic E-state index is 11.2. The number of hydrogen-bond acceptors (Lipinski definition) is 4. The van der Waals surface area contributed by atoms with Crippen LogP contribution >= 0.6 is 15.9 Å². The van der Waals surface area contributed by atoms with Gasteiger partial charge in [0.15, 0.2) is 5.60 Å². The van der Waals surface area contributed by atoms with Gasteiger partial charge >= 0.3 is 5.97 Å². The SMILES string of the molecule is CCOC1(C(=O)O)CN(c2cc(C)cc(Br)n2)C1. The summed E-state index contributed by atoms with van der Waals surface area (Å²) < 4.78 is 6.11. The molecule has 98 valence electrons. The number of nitrogens with zero attached hydrogens (tertiary/aromatic N) is 2. The summed E-state index contributed by atoms with van der Waals surface area (Å²) >= 11 is 3.34. The summed E-state index contributed by atoms with van der Waals surface area (Å²) in [7, 11) is 0. The van der Waals surface area contributed by atoms with E-state index in [-0.39, 0.29) is 0 Å². The third kappa shape index (κ3) is 2.35. The molecule has 1 aliphatic rings. The molecule has 2 rings (SSSR count). The molecule has 2 heterocycles. The van der Waals surface area contributed by atoms with Gasteiger partial charge in [0.05, 0.1) is 13.1 Å². The quantitative estimate of drug-likeness (QED) is 0.859. The van der Waals surface area contributed by atoms with Crippen LogP contribution in [0.4, 0.5) is 5.82 Å². The van der Waals surface area contributed by atoms with Crippen molar-refractivity contribution in [2.45, 2.75) is 19.4 Å². The normalized spacial score (nSPS) is 17.4. The number of halogens is 1. The van der Waals surface area contributed by atoms with Crippen LogP contribution in [0, 0.1) is 6.92 Å². The van der Waals surface area contributed by atoms with E-state index < -0.39 is 11.6 Å². The first kappa shape index (κ1) is 13.3. The van der Waals surface area contributed by atoms with Crippen molar-refractivity contribution in [1.82, 2.24) is 4.98 Å². The van der Waals surface area contributed by atoms with E-state index in [0.29, 0.717) is 19.7 Å². The molecule has 0 radical (unpaired) electrons. The highest BCUT2D eigenvalue weighted by Gasteiger charge is 2.51. The van der Waals surface area contributed by atoms with Crippen molar-refractivity contribution in [3.8, 4) is 0 Å². The van der Waals surface area contributed by atoms with Crippen LogP contribution in [0.5, 0.6) is 0 Å². The molecule has 1 aromatic heterocycles. The monoisotopic (exact) mass is 314 g/mol. The molecule has 1 fully saturated rings. The van der Waals surface area contributed by atoms with Crippen LogP contribution in [0.1, 0.15) is 12.5 Å². The van der Waals surface area contributed by atoms with Crippen molar-refractivity contribution in [3.63, 3.8) is 0 Å². The first-order chi connectivity index (χ1) is 8.47. The van der Waals surface area contributed by atoms with Gasteiger partial charge in [0.1, 0.15) is 10.4 Å². The van der Waals surface area contributed by atoms with Crippen molar-refractivity contribution >= 4 is 27.7 Å². The Bertz CT molecular complexity index is 452. The Morgan fingerprint density at radius 1 is 1.61 bits per heavy atom. The fourth-order valence-corrected chi connectivity index (χ4v) is 2.61. The van der Waals surface area contributed by atoms with Gasteiger partial charge in [-0.2, -0.15) is 0 Å². The van der Waals surface area contributed by atoms with Gasteiger partial charge in [-0.05, 0) is 47.5 Å². The highest BCUT2D eigenvalue weighted by molar-refractivity contribution is 9.10. The third-order valence-corrected chi connectivity index (χ3v) is 3.36. The molecule has 0 unspecified atom stereocenters. The molecular weight excluding hydrogens is 300 g/mol. The topological polar surface area (TPSA) is 62.7 Å². The first-order valence-electron chi connectivity index (χ1n) is 5.73. The van der Waals surface area contributed by atoms with E-state index in [1.54, 1.807) is 6.92 Å². The number of rotatable bonds is 4. The van der Waals surface area contributed by atoms with E-state index in [1.165, 1.54) is 0 Å². The molecule has 1 saturated heterocycles. The summed E-state index contributed by atoms with van der Waals surface area (Å²) in [5.74, 6) is -0.134. The van der Waals surface area contributed by atoms with Gasteiger partial charge in [0, 0.05) is 6.61 Å². The largest absolute Gasteiger partial charge is 0.479 e. The molecule has 0 atom stereocenters. The average Bonchev–Trinajstić information content (AvgIpc) is 2.20. The minimum Gasteiger partial charge on any atom is -0.479 e. The fraction of sp³-hybridized carbons (Fsp3) is 0.500. The zero-order chi connectivity index (χ0) is 13.3. The van der Waals surface area contributed by atoms with Gasteiger partial charge in [-0.3, -0.25) is 0 Å². The van der Waals surface area contributed by atoms with E-state index in [1.807, 2.05) is 24.0 Å². The maximum atomic E-state index is 11.2. The van der Waals surface area contributed by atoms with Crippen LogP contribution in [0.3, 0.4) is 0 Å². The van der Waals surface area contributed by atoms with Crippen LogP contribution < -0.4 is 4.90 Å². The number of hydrogen-bond donors (Lipinski definition) is 1. The summed E-state index contributed by atoms with van der Waals surface area (Å²) in [6, 6.07) is 3.85. The van der Waals surface area contributed by atoms with Gasteiger partial charge in [-0.1, -0.05) is 0 Å². The van der Waals surface area contributed by atoms with Gasteiger partial charge in [0.25, 0.3) is 0 Å². The lowest BCUT2D eigenvalue weighted by Crippen LogP contribution is -2.68. The van der Waals surface area contributed by atoms with Gasteiger partial charge < -0.3 is 14.7 Å². The van der Waals surface area contributed by atoms with Gasteiger partial charge in [-0.25, -0.2) is 9.78 Å². The van der Waals surface area contributed by atoms with E-state index in [4.69, 9.17) is 4.74 Å². The second-order valence-electron chi connectivity index (χ2n) is 4.41. The number of anilines is 1. The molecule has 1 aliphatic heterocycles. The van der Waals surface area contributed by atoms with E-state index in [9.17, 15) is 9.90 Å². The summed E-state index contributed by atoms with van der Waals surface area (Å²) in [6.07, 6.45) is 0. The molecule has 6 heteroatoms. The van der Waals surface area contributed by atoms with Crippen LogP contribution in [0.2, 0.25) is 0 Å². The smallest absolute Gasteiger partial charge is 0.339 e. The molecule has 5 nitrogen and oxygen atoms in total. The van der Waals surface area contributed by atoms with Crippen molar-refractivity contribution in [1.29, 1.82) is 0 Å². The van der Waals surface area contributed by atoms with Gasteiger partial charge in [0.2, 0.25) is 0 Å². The van der Waals surface area contributed by atoms with Crippen molar-refractivity contribution in [3.05, 3.63) is 22.3 Å². The average molecular weight is 315 g/mol. The molecule has 0 spiro atoms. The Balaban J connectivity index is 2.13. The zero-order valence-electron chi connectivity index (χ0n) is 10.3. The second-order valence-corrected chi connectivity index (χ2v) is 5.23. The lowest BCUT2D eigenvalue weighted by Gasteiger charge is -2.47. The van der Waals surface area contributed by atoms with Crippen molar-refractivity contribution in [2.24, 2.45) is 0 Å². The molecule has 0 aliphatic carbocycles. The van der Waals surface area contributed by atoms with Crippen molar-refractivity contribution in [2.75, 3.05) is 24.6 Å². The number of ether oxygens (including phenoxy) is 1. The van der Waals surface area contributed by atoms with Crippen LogP contribution in [-0.2, 0) is 9.53 Å². The highest BCUT2D eigenvalue weighted by Crippen LogP contribution is 2.31. The zero-order valence-corrected chi connectivity index (χ0v) is 11.9. The number of pyridine rings is 1. The third-order valence-electron chi connectivity index (χ3n) is 2.95. The highest BCUT2D eigenvalue weighted by atomic mass is 79.9. The number of aromatic nitrogens is 1. The molecule has 0 amide bonds. The predicted octanol–water partition coefficient (Wildman–Crippen LogP) is 1.83. The first-order valence-corrected chi connectivity index (χ1v) is 6.52. The molecule has 18 heavy (non-hydrogen) atoms. The van der Waals surface area contributed by atoms with Crippen molar-refractivity contribution < 1.29 is 14.6 Å². The lowest BCUT2D eigenvalue weighted by atomic mass is 9.94. The lowest BCUT2D eigenvalue weighted by molar-refractivity contribution is -0.169.